The molecule has 2 rings (SSSR count). The molecular formula is C19H29NO2. The molecule has 0 bridgehead atoms. The van der Waals surface area contributed by atoms with Gasteiger partial charge in [0.25, 0.3) is 0 Å². The van der Waals surface area contributed by atoms with Crippen LogP contribution in [0.2, 0.25) is 0 Å². The van der Waals surface area contributed by atoms with Gasteiger partial charge < -0.3 is 9.52 Å². The van der Waals surface area contributed by atoms with Gasteiger partial charge in [0.05, 0.1) is 0 Å². The van der Waals surface area contributed by atoms with Gasteiger partial charge in [-0.15, -0.1) is 0 Å². The Morgan fingerprint density at radius 3 is 2.36 bits per heavy atom. The lowest BCUT2D eigenvalue weighted by Gasteiger charge is -2.14. The molecule has 3 heteroatoms. The number of benzene rings is 1. The number of phenolic OH excluding ortho intramolecular Hbond substituents is 1. The Labute approximate surface area is 133 Å². The normalized spacial score (nSPS) is 11.6. The largest absolute Gasteiger partial charge is 0.508 e. The minimum Gasteiger partial charge on any atom is -0.508 e. The minimum absolute atomic E-state index is 0.234. The number of hydrogen-bond acceptors (Lipinski definition) is 3. The molecule has 0 aliphatic rings. The van der Waals surface area contributed by atoms with Crippen LogP contribution in [0.15, 0.2) is 22.6 Å². The first-order valence-electron chi connectivity index (χ1n) is 8.81. The summed E-state index contributed by atoms with van der Waals surface area (Å²) in [5.74, 6) is 1.72. The van der Waals surface area contributed by atoms with Crippen LogP contribution in [0, 0.1) is 5.92 Å². The molecule has 0 fully saturated rings. The smallest absolute Gasteiger partial charge is 0.195 e. The summed E-state index contributed by atoms with van der Waals surface area (Å²) in [6.07, 6.45) is 11.2. The van der Waals surface area contributed by atoms with E-state index in [1.807, 2.05) is 6.07 Å². The van der Waals surface area contributed by atoms with Crippen LogP contribution in [0.4, 0.5) is 0 Å². The van der Waals surface area contributed by atoms with Gasteiger partial charge in [-0.25, -0.2) is 4.98 Å². The maximum atomic E-state index is 9.52. The van der Waals surface area contributed by atoms with E-state index in [-0.39, 0.29) is 5.75 Å². The second kappa shape index (κ2) is 8.82. The number of oxazole rings is 1. The Balaban J connectivity index is 1.99. The van der Waals surface area contributed by atoms with Crippen molar-refractivity contribution in [1.82, 2.24) is 4.98 Å². The monoisotopic (exact) mass is 303 g/mol. The van der Waals surface area contributed by atoms with Crippen molar-refractivity contribution >= 4 is 11.1 Å². The third-order valence-electron chi connectivity index (χ3n) is 4.31. The molecular weight excluding hydrogens is 274 g/mol. The number of hydrogen-bond donors (Lipinski definition) is 1. The molecule has 0 radical (unpaired) electrons. The Hall–Kier alpha value is -1.51. The lowest BCUT2D eigenvalue weighted by Crippen LogP contribution is -2.05. The lowest BCUT2D eigenvalue weighted by atomic mass is 9.92. The Bertz CT molecular complexity index is 552. The number of rotatable bonds is 10. The molecule has 0 amide bonds. The highest BCUT2D eigenvalue weighted by molar-refractivity contribution is 5.74. The standard InChI is InChI=1S/C19H29NO2/c1-3-5-7-9-15(10-8-6-4-2)13-19-20-17-12-11-16(21)14-18(17)22-19/h11-12,14-15,21H,3-10,13H2,1-2H3. The van der Waals surface area contributed by atoms with Crippen molar-refractivity contribution in [2.24, 2.45) is 5.92 Å². The molecule has 0 unspecified atom stereocenters. The fourth-order valence-electron chi connectivity index (χ4n) is 3.01. The number of unbranched alkanes of at least 4 members (excludes halogenated alkanes) is 4. The zero-order valence-corrected chi connectivity index (χ0v) is 14.0. The van der Waals surface area contributed by atoms with Gasteiger partial charge in [-0.1, -0.05) is 52.4 Å². The SMILES string of the molecule is CCCCCC(CCCCC)Cc1nc2ccc(O)cc2o1. The van der Waals surface area contributed by atoms with E-state index in [0.29, 0.717) is 11.5 Å². The second-order valence-corrected chi connectivity index (χ2v) is 6.32. The lowest BCUT2D eigenvalue weighted by molar-refractivity contribution is 0.372. The molecule has 0 aliphatic carbocycles. The molecule has 1 aromatic heterocycles. The maximum Gasteiger partial charge on any atom is 0.195 e. The van der Waals surface area contributed by atoms with Crippen LogP contribution in [0.25, 0.3) is 11.1 Å². The molecule has 22 heavy (non-hydrogen) atoms. The Morgan fingerprint density at radius 1 is 1.05 bits per heavy atom. The molecule has 2 aromatic rings. The molecule has 0 aliphatic heterocycles. The molecule has 1 heterocycles. The van der Waals surface area contributed by atoms with E-state index in [1.165, 1.54) is 51.4 Å². The first kappa shape index (κ1) is 16.9. The maximum absolute atomic E-state index is 9.52. The van der Waals surface area contributed by atoms with Crippen molar-refractivity contribution in [2.45, 2.75) is 71.6 Å². The van der Waals surface area contributed by atoms with Crippen LogP contribution >= 0.6 is 0 Å². The van der Waals surface area contributed by atoms with Crippen LogP contribution in [0.5, 0.6) is 5.75 Å². The fourth-order valence-corrected chi connectivity index (χ4v) is 3.01. The van der Waals surface area contributed by atoms with Crippen LogP contribution < -0.4 is 0 Å². The fraction of sp³-hybridized carbons (Fsp3) is 0.632. The number of nitrogens with zero attached hydrogens (tertiary/aromatic N) is 1. The molecule has 0 spiro atoms. The molecule has 1 N–H and O–H groups in total. The van der Waals surface area contributed by atoms with E-state index in [9.17, 15) is 5.11 Å². The number of fused-ring (bicyclic) bond motifs is 1. The van der Waals surface area contributed by atoms with E-state index < -0.39 is 0 Å². The third kappa shape index (κ3) is 5.04. The van der Waals surface area contributed by atoms with Crippen LogP contribution in [-0.4, -0.2) is 10.1 Å². The van der Waals surface area contributed by atoms with Crippen molar-refractivity contribution in [3.8, 4) is 5.75 Å². The molecule has 0 atom stereocenters. The highest BCUT2D eigenvalue weighted by Crippen LogP contribution is 2.25. The summed E-state index contributed by atoms with van der Waals surface area (Å²) in [7, 11) is 0. The summed E-state index contributed by atoms with van der Waals surface area (Å²) in [6, 6.07) is 5.13. The van der Waals surface area contributed by atoms with Crippen molar-refractivity contribution in [1.29, 1.82) is 0 Å². The average molecular weight is 303 g/mol. The second-order valence-electron chi connectivity index (χ2n) is 6.32. The van der Waals surface area contributed by atoms with Gasteiger partial charge in [-0.05, 0) is 30.9 Å². The van der Waals surface area contributed by atoms with E-state index in [2.05, 4.69) is 18.8 Å². The van der Waals surface area contributed by atoms with E-state index >= 15 is 0 Å². The van der Waals surface area contributed by atoms with Crippen molar-refractivity contribution in [3.63, 3.8) is 0 Å². The van der Waals surface area contributed by atoms with Gasteiger partial charge in [0, 0.05) is 12.5 Å². The van der Waals surface area contributed by atoms with Gasteiger partial charge in [-0.2, -0.15) is 0 Å². The topological polar surface area (TPSA) is 46.3 Å². The summed E-state index contributed by atoms with van der Waals surface area (Å²) >= 11 is 0. The quantitative estimate of drug-likeness (QED) is 0.560. The van der Waals surface area contributed by atoms with Crippen molar-refractivity contribution in [3.05, 3.63) is 24.1 Å². The van der Waals surface area contributed by atoms with Gasteiger partial charge in [0.2, 0.25) is 0 Å². The minimum atomic E-state index is 0.234. The summed E-state index contributed by atoms with van der Waals surface area (Å²) in [6.45, 7) is 4.50. The predicted octanol–water partition coefficient (Wildman–Crippen LogP) is 5.85. The predicted molar refractivity (Wildman–Crippen MR) is 91.2 cm³/mol. The summed E-state index contributed by atoms with van der Waals surface area (Å²) in [5, 5.41) is 9.52. The van der Waals surface area contributed by atoms with E-state index in [1.54, 1.807) is 12.1 Å². The van der Waals surface area contributed by atoms with Gasteiger partial charge in [0.15, 0.2) is 11.5 Å². The first-order chi connectivity index (χ1) is 10.7. The molecule has 1 aromatic carbocycles. The van der Waals surface area contributed by atoms with Gasteiger partial charge in [0.1, 0.15) is 11.3 Å². The highest BCUT2D eigenvalue weighted by atomic mass is 16.3. The summed E-state index contributed by atoms with van der Waals surface area (Å²) in [5.41, 5.74) is 1.53. The number of aromatic hydroxyl groups is 1. The summed E-state index contributed by atoms with van der Waals surface area (Å²) in [4.78, 5) is 4.57. The van der Waals surface area contributed by atoms with Crippen molar-refractivity contribution < 1.29 is 9.52 Å². The van der Waals surface area contributed by atoms with Gasteiger partial charge >= 0.3 is 0 Å². The van der Waals surface area contributed by atoms with E-state index in [0.717, 1.165) is 17.8 Å². The molecule has 0 saturated heterocycles. The number of aromatic nitrogens is 1. The van der Waals surface area contributed by atoms with Gasteiger partial charge in [-0.3, -0.25) is 0 Å². The Kier molecular flexibility index (Phi) is 6.75. The van der Waals surface area contributed by atoms with Crippen LogP contribution in [0.3, 0.4) is 0 Å². The highest BCUT2D eigenvalue weighted by Gasteiger charge is 2.14. The third-order valence-corrected chi connectivity index (χ3v) is 4.31. The van der Waals surface area contributed by atoms with Crippen molar-refractivity contribution in [2.75, 3.05) is 0 Å². The van der Waals surface area contributed by atoms with E-state index in [4.69, 9.17) is 4.42 Å². The molecule has 0 saturated carbocycles. The number of phenols is 1. The summed E-state index contributed by atoms with van der Waals surface area (Å²) < 4.78 is 5.82. The molecule has 3 nitrogen and oxygen atoms in total. The average Bonchev–Trinajstić information content (AvgIpc) is 2.89. The zero-order valence-electron chi connectivity index (χ0n) is 14.0. The zero-order chi connectivity index (χ0) is 15.8. The molecule has 122 valence electrons. The van der Waals surface area contributed by atoms with Crippen LogP contribution in [-0.2, 0) is 6.42 Å². The first-order valence-corrected chi connectivity index (χ1v) is 8.81. The Morgan fingerprint density at radius 2 is 1.73 bits per heavy atom. The van der Waals surface area contributed by atoms with Crippen LogP contribution in [0.1, 0.15) is 71.1 Å².